The second kappa shape index (κ2) is 4.67. The van der Waals surface area contributed by atoms with Crippen LogP contribution in [0.3, 0.4) is 0 Å². The Hall–Kier alpha value is -2.02. The Bertz CT molecular complexity index is 433. The van der Waals surface area contributed by atoms with Gasteiger partial charge in [0.2, 0.25) is 0 Å². The molecule has 0 aliphatic heterocycles. The molecule has 0 heterocycles. The summed E-state index contributed by atoms with van der Waals surface area (Å²) in [5.41, 5.74) is -0.467. The van der Waals surface area contributed by atoms with Crippen LogP contribution in [-0.4, -0.2) is 18.6 Å². The van der Waals surface area contributed by atoms with Gasteiger partial charge < -0.3 is 10.1 Å². The average Bonchev–Trinajstić information content (AvgIpc) is 2.28. The van der Waals surface area contributed by atoms with Crippen LogP contribution in [0.25, 0.3) is 0 Å². The van der Waals surface area contributed by atoms with Gasteiger partial charge in [0.25, 0.3) is 5.91 Å². The number of ether oxygens (including phenoxy) is 1. The van der Waals surface area contributed by atoms with Gasteiger partial charge in [-0.25, -0.2) is 0 Å². The van der Waals surface area contributed by atoms with Crippen LogP contribution in [0.4, 0.5) is 0 Å². The molecule has 16 heavy (non-hydrogen) atoms. The first-order valence-corrected chi connectivity index (χ1v) is 4.87. The van der Waals surface area contributed by atoms with Gasteiger partial charge in [0.1, 0.15) is 11.3 Å². The fraction of sp³-hybridized carbons (Fsp3) is 0.333. The van der Waals surface area contributed by atoms with E-state index in [1.807, 2.05) is 6.07 Å². The SMILES string of the molecule is COc1ccccc1C(=O)NC(C)(C)C#N. The van der Waals surface area contributed by atoms with Gasteiger partial charge in [-0.3, -0.25) is 4.79 Å². The molecule has 0 saturated heterocycles. The lowest BCUT2D eigenvalue weighted by atomic mass is 10.1. The first kappa shape index (κ1) is 12.1. The highest BCUT2D eigenvalue weighted by Gasteiger charge is 2.21. The highest BCUT2D eigenvalue weighted by Crippen LogP contribution is 2.17. The maximum atomic E-state index is 11.9. The molecule has 1 rings (SSSR count). The monoisotopic (exact) mass is 218 g/mol. The van der Waals surface area contributed by atoms with Crippen LogP contribution in [-0.2, 0) is 0 Å². The number of nitrogens with zero attached hydrogens (tertiary/aromatic N) is 1. The van der Waals surface area contributed by atoms with E-state index in [1.165, 1.54) is 7.11 Å². The van der Waals surface area contributed by atoms with E-state index in [0.29, 0.717) is 11.3 Å². The van der Waals surface area contributed by atoms with E-state index in [1.54, 1.807) is 38.1 Å². The predicted molar refractivity (Wildman–Crippen MR) is 60.2 cm³/mol. The fourth-order valence-electron chi connectivity index (χ4n) is 1.21. The molecule has 0 fully saturated rings. The predicted octanol–water partition coefficient (Wildman–Crippen LogP) is 1.73. The van der Waals surface area contributed by atoms with Gasteiger partial charge >= 0.3 is 0 Å². The summed E-state index contributed by atoms with van der Waals surface area (Å²) in [4.78, 5) is 11.9. The third-order valence-electron chi connectivity index (χ3n) is 2.06. The summed E-state index contributed by atoms with van der Waals surface area (Å²) in [6, 6.07) is 8.89. The number of methoxy groups -OCH3 is 1. The van der Waals surface area contributed by atoms with E-state index in [9.17, 15) is 4.79 Å². The largest absolute Gasteiger partial charge is 0.496 e. The number of hydrogen-bond donors (Lipinski definition) is 1. The number of benzene rings is 1. The number of carbonyl (C=O) groups is 1. The molecule has 0 saturated carbocycles. The molecule has 84 valence electrons. The van der Waals surface area contributed by atoms with Crippen molar-refractivity contribution in [2.75, 3.05) is 7.11 Å². The van der Waals surface area contributed by atoms with Gasteiger partial charge in [-0.05, 0) is 26.0 Å². The van der Waals surface area contributed by atoms with Crippen LogP contribution in [0.2, 0.25) is 0 Å². The minimum atomic E-state index is -0.891. The number of nitriles is 1. The van der Waals surface area contributed by atoms with E-state index in [2.05, 4.69) is 5.32 Å². The molecule has 4 heteroatoms. The molecule has 0 spiro atoms. The zero-order valence-electron chi connectivity index (χ0n) is 9.57. The van der Waals surface area contributed by atoms with Crippen LogP contribution in [0.1, 0.15) is 24.2 Å². The maximum absolute atomic E-state index is 11.9. The summed E-state index contributed by atoms with van der Waals surface area (Å²) in [5.74, 6) is 0.178. The molecule has 0 bridgehead atoms. The number of amides is 1. The molecular weight excluding hydrogens is 204 g/mol. The summed E-state index contributed by atoms with van der Waals surface area (Å²) in [6.45, 7) is 3.28. The molecule has 1 N–H and O–H groups in total. The maximum Gasteiger partial charge on any atom is 0.256 e. The van der Waals surface area contributed by atoms with Gasteiger partial charge in [-0.15, -0.1) is 0 Å². The quantitative estimate of drug-likeness (QED) is 0.840. The highest BCUT2D eigenvalue weighted by molar-refractivity contribution is 5.97. The molecule has 1 amide bonds. The van der Waals surface area contributed by atoms with Crippen LogP contribution in [0.15, 0.2) is 24.3 Å². The van der Waals surface area contributed by atoms with Gasteiger partial charge in [0.15, 0.2) is 0 Å². The van der Waals surface area contributed by atoms with Crippen LogP contribution < -0.4 is 10.1 Å². The molecule has 1 aromatic rings. The van der Waals surface area contributed by atoms with Crippen LogP contribution in [0.5, 0.6) is 5.75 Å². The zero-order valence-corrected chi connectivity index (χ0v) is 9.57. The first-order valence-electron chi connectivity index (χ1n) is 4.87. The molecule has 0 aliphatic rings. The van der Waals surface area contributed by atoms with Crippen molar-refractivity contribution in [2.45, 2.75) is 19.4 Å². The molecule has 0 aromatic heterocycles. The molecular formula is C12H14N2O2. The van der Waals surface area contributed by atoms with E-state index in [0.717, 1.165) is 0 Å². The topological polar surface area (TPSA) is 62.1 Å². The van der Waals surface area contributed by atoms with Gasteiger partial charge in [0.05, 0.1) is 18.7 Å². The van der Waals surface area contributed by atoms with E-state index in [-0.39, 0.29) is 5.91 Å². The highest BCUT2D eigenvalue weighted by atomic mass is 16.5. The van der Waals surface area contributed by atoms with Crippen molar-refractivity contribution in [1.29, 1.82) is 5.26 Å². The van der Waals surface area contributed by atoms with E-state index >= 15 is 0 Å². The normalized spacial score (nSPS) is 10.4. The smallest absolute Gasteiger partial charge is 0.256 e. The lowest BCUT2D eigenvalue weighted by molar-refractivity contribution is 0.0926. The van der Waals surface area contributed by atoms with Crippen molar-refractivity contribution in [1.82, 2.24) is 5.32 Å². The minimum absolute atomic E-state index is 0.316. The molecule has 0 aliphatic carbocycles. The van der Waals surface area contributed by atoms with E-state index < -0.39 is 5.54 Å². The van der Waals surface area contributed by atoms with Crippen molar-refractivity contribution >= 4 is 5.91 Å². The van der Waals surface area contributed by atoms with Crippen LogP contribution >= 0.6 is 0 Å². The number of hydrogen-bond acceptors (Lipinski definition) is 3. The van der Waals surface area contributed by atoms with Crippen LogP contribution in [0, 0.1) is 11.3 Å². The number of carbonyl (C=O) groups excluding carboxylic acids is 1. The average molecular weight is 218 g/mol. The summed E-state index contributed by atoms with van der Waals surface area (Å²) >= 11 is 0. The van der Waals surface area contributed by atoms with Gasteiger partial charge in [-0.2, -0.15) is 5.26 Å². The van der Waals surface area contributed by atoms with Crippen molar-refractivity contribution in [2.24, 2.45) is 0 Å². The molecule has 0 unspecified atom stereocenters. The van der Waals surface area contributed by atoms with Crippen molar-refractivity contribution in [3.8, 4) is 11.8 Å². The van der Waals surface area contributed by atoms with Crippen molar-refractivity contribution in [3.05, 3.63) is 29.8 Å². The summed E-state index contributed by atoms with van der Waals surface area (Å²) < 4.78 is 5.07. The van der Waals surface area contributed by atoms with Crippen molar-refractivity contribution in [3.63, 3.8) is 0 Å². The molecule has 0 radical (unpaired) electrons. The Morgan fingerprint density at radius 1 is 1.44 bits per heavy atom. The Morgan fingerprint density at radius 2 is 2.06 bits per heavy atom. The van der Waals surface area contributed by atoms with E-state index in [4.69, 9.17) is 10.00 Å². The summed E-state index contributed by atoms with van der Waals surface area (Å²) in [7, 11) is 1.50. The van der Waals surface area contributed by atoms with Gasteiger partial charge in [0, 0.05) is 0 Å². The summed E-state index contributed by atoms with van der Waals surface area (Å²) in [5, 5.41) is 11.4. The number of para-hydroxylation sites is 1. The first-order chi connectivity index (χ1) is 7.50. The number of rotatable bonds is 3. The fourth-order valence-corrected chi connectivity index (χ4v) is 1.21. The third kappa shape index (κ3) is 2.74. The molecule has 0 atom stereocenters. The Balaban J connectivity index is 2.94. The number of nitrogens with one attached hydrogen (secondary N) is 1. The minimum Gasteiger partial charge on any atom is -0.496 e. The van der Waals surface area contributed by atoms with Crippen molar-refractivity contribution < 1.29 is 9.53 Å². The molecule has 4 nitrogen and oxygen atoms in total. The zero-order chi connectivity index (χ0) is 12.2. The third-order valence-corrected chi connectivity index (χ3v) is 2.06. The second-order valence-electron chi connectivity index (χ2n) is 3.89. The second-order valence-corrected chi connectivity index (χ2v) is 3.89. The Labute approximate surface area is 94.8 Å². The lowest BCUT2D eigenvalue weighted by Crippen LogP contribution is -2.42. The standard InChI is InChI=1S/C12H14N2O2/c1-12(2,8-13)14-11(15)9-6-4-5-7-10(9)16-3/h4-7H,1-3H3,(H,14,15). The summed E-state index contributed by atoms with van der Waals surface area (Å²) in [6.07, 6.45) is 0. The Morgan fingerprint density at radius 3 is 2.62 bits per heavy atom. The van der Waals surface area contributed by atoms with Gasteiger partial charge in [-0.1, -0.05) is 12.1 Å². The lowest BCUT2D eigenvalue weighted by Gasteiger charge is -2.18. The Kier molecular flexibility index (Phi) is 3.51. The molecule has 1 aromatic carbocycles.